The van der Waals surface area contributed by atoms with Crippen molar-refractivity contribution in [2.45, 2.75) is 19.4 Å². The Morgan fingerprint density at radius 1 is 1.26 bits per heavy atom. The summed E-state index contributed by atoms with van der Waals surface area (Å²) in [5, 5.41) is 3.42. The molecule has 1 fully saturated rings. The summed E-state index contributed by atoms with van der Waals surface area (Å²) in [4.78, 5) is 13.9. The van der Waals surface area contributed by atoms with Crippen LogP contribution in [-0.4, -0.2) is 43.6 Å². The van der Waals surface area contributed by atoms with E-state index in [1.165, 1.54) is 18.5 Å². The molecule has 0 amide bonds. The Hall–Kier alpha value is -1.39. The largest absolute Gasteiger partial charge is 0.457 e. The van der Waals surface area contributed by atoms with Crippen molar-refractivity contribution < 1.29 is 9.53 Å². The second kappa shape index (κ2) is 5.72. The zero-order chi connectivity index (χ0) is 13.1. The van der Waals surface area contributed by atoms with E-state index in [2.05, 4.69) is 22.3 Å². The first-order valence-electron chi connectivity index (χ1n) is 7.05. The lowest BCUT2D eigenvalue weighted by atomic mass is 10.0. The maximum Gasteiger partial charge on any atom is 0.338 e. The molecule has 102 valence electrons. The van der Waals surface area contributed by atoms with Crippen LogP contribution in [0.5, 0.6) is 0 Å². The lowest BCUT2D eigenvalue weighted by Crippen LogP contribution is -2.30. The Labute approximate surface area is 113 Å². The molecule has 3 rings (SSSR count). The first-order valence-corrected chi connectivity index (χ1v) is 7.05. The third kappa shape index (κ3) is 2.96. The third-order valence-electron chi connectivity index (χ3n) is 3.90. The van der Waals surface area contributed by atoms with Crippen LogP contribution >= 0.6 is 0 Å². The molecule has 2 aliphatic rings. The van der Waals surface area contributed by atoms with Crippen molar-refractivity contribution >= 4 is 5.97 Å². The highest BCUT2D eigenvalue weighted by molar-refractivity contribution is 5.93. The number of carbonyl (C=O) groups is 1. The highest BCUT2D eigenvalue weighted by atomic mass is 16.5. The Morgan fingerprint density at radius 3 is 3.16 bits per heavy atom. The second-order valence-electron chi connectivity index (χ2n) is 5.26. The molecule has 0 unspecified atom stereocenters. The molecule has 0 saturated carbocycles. The number of cyclic esters (lactones) is 1. The zero-order valence-corrected chi connectivity index (χ0v) is 11.2. The van der Waals surface area contributed by atoms with E-state index < -0.39 is 0 Å². The smallest absolute Gasteiger partial charge is 0.338 e. The lowest BCUT2D eigenvalue weighted by molar-refractivity contribution is 0.0535. The molecule has 0 bridgehead atoms. The number of carbonyl (C=O) groups excluding carboxylic acids is 1. The highest BCUT2D eigenvalue weighted by Gasteiger charge is 2.20. The molecule has 0 aliphatic carbocycles. The van der Waals surface area contributed by atoms with E-state index in [1.807, 2.05) is 6.07 Å². The minimum absolute atomic E-state index is 0.180. The summed E-state index contributed by atoms with van der Waals surface area (Å²) in [7, 11) is 0. The Kier molecular flexibility index (Phi) is 3.80. The van der Waals surface area contributed by atoms with E-state index in [0.717, 1.165) is 43.7 Å². The normalized spacial score (nSPS) is 19.9. The van der Waals surface area contributed by atoms with Crippen LogP contribution in [0.3, 0.4) is 0 Å². The number of hydrogen-bond acceptors (Lipinski definition) is 4. The molecular formula is C15H20N2O2. The topological polar surface area (TPSA) is 41.6 Å². The standard InChI is InChI=1S/C15H20N2O2/c18-15-14-3-2-12(10-13(14)11-19-15)4-8-17-7-1-5-16-6-9-17/h2-3,10,16H,1,4-9,11H2. The van der Waals surface area contributed by atoms with Gasteiger partial charge in [0.2, 0.25) is 0 Å². The number of ether oxygens (including phenoxy) is 1. The van der Waals surface area contributed by atoms with Crippen LogP contribution in [0, 0.1) is 0 Å². The number of benzene rings is 1. The average Bonchev–Trinajstić information content (AvgIpc) is 2.66. The van der Waals surface area contributed by atoms with Crippen LogP contribution in [0.1, 0.15) is 27.9 Å². The lowest BCUT2D eigenvalue weighted by Gasteiger charge is -2.19. The Balaban J connectivity index is 1.59. The fourth-order valence-electron chi connectivity index (χ4n) is 2.75. The SMILES string of the molecule is O=C1OCc2cc(CCN3CCCNCC3)ccc21. The summed E-state index contributed by atoms with van der Waals surface area (Å²) in [6.07, 6.45) is 2.27. The Morgan fingerprint density at radius 2 is 2.21 bits per heavy atom. The quantitative estimate of drug-likeness (QED) is 0.829. The van der Waals surface area contributed by atoms with Crippen LogP contribution in [0.2, 0.25) is 0 Å². The van der Waals surface area contributed by atoms with Gasteiger partial charge in [0.15, 0.2) is 0 Å². The van der Waals surface area contributed by atoms with Gasteiger partial charge >= 0.3 is 5.97 Å². The van der Waals surface area contributed by atoms with Gasteiger partial charge < -0.3 is 15.0 Å². The van der Waals surface area contributed by atoms with E-state index in [0.29, 0.717) is 6.61 Å². The van der Waals surface area contributed by atoms with E-state index >= 15 is 0 Å². The van der Waals surface area contributed by atoms with Crippen LogP contribution < -0.4 is 5.32 Å². The molecule has 1 aromatic carbocycles. The molecule has 1 saturated heterocycles. The van der Waals surface area contributed by atoms with Gasteiger partial charge in [-0.3, -0.25) is 0 Å². The van der Waals surface area contributed by atoms with E-state index in [1.54, 1.807) is 0 Å². The summed E-state index contributed by atoms with van der Waals surface area (Å²) < 4.78 is 5.03. The molecule has 4 heteroatoms. The highest BCUT2D eigenvalue weighted by Crippen LogP contribution is 2.21. The minimum Gasteiger partial charge on any atom is -0.457 e. The predicted octanol–water partition coefficient (Wildman–Crippen LogP) is 1.19. The monoisotopic (exact) mass is 260 g/mol. The molecule has 19 heavy (non-hydrogen) atoms. The van der Waals surface area contributed by atoms with Crippen molar-refractivity contribution in [1.82, 2.24) is 10.2 Å². The van der Waals surface area contributed by atoms with Gasteiger partial charge in [0.05, 0.1) is 5.56 Å². The minimum atomic E-state index is -0.180. The maximum absolute atomic E-state index is 11.4. The van der Waals surface area contributed by atoms with Crippen molar-refractivity contribution in [3.63, 3.8) is 0 Å². The molecule has 4 nitrogen and oxygen atoms in total. The summed E-state index contributed by atoms with van der Waals surface area (Å²) >= 11 is 0. The Bertz CT molecular complexity index is 465. The molecule has 1 N–H and O–H groups in total. The average molecular weight is 260 g/mol. The van der Waals surface area contributed by atoms with Gasteiger partial charge in [-0.2, -0.15) is 0 Å². The van der Waals surface area contributed by atoms with Crippen molar-refractivity contribution in [3.05, 3.63) is 34.9 Å². The van der Waals surface area contributed by atoms with Crippen LogP contribution in [0.25, 0.3) is 0 Å². The molecular weight excluding hydrogens is 240 g/mol. The molecule has 1 aromatic rings. The molecule has 2 heterocycles. The zero-order valence-electron chi connectivity index (χ0n) is 11.2. The second-order valence-corrected chi connectivity index (χ2v) is 5.26. The molecule has 0 radical (unpaired) electrons. The van der Waals surface area contributed by atoms with Gasteiger partial charge in [-0.1, -0.05) is 12.1 Å². The van der Waals surface area contributed by atoms with Gasteiger partial charge in [0.1, 0.15) is 6.61 Å². The van der Waals surface area contributed by atoms with Crippen molar-refractivity contribution in [3.8, 4) is 0 Å². The number of fused-ring (bicyclic) bond motifs is 1. The van der Waals surface area contributed by atoms with Crippen molar-refractivity contribution in [2.75, 3.05) is 32.7 Å². The van der Waals surface area contributed by atoms with Crippen molar-refractivity contribution in [2.24, 2.45) is 0 Å². The number of hydrogen-bond donors (Lipinski definition) is 1. The number of nitrogens with one attached hydrogen (secondary N) is 1. The van der Waals surface area contributed by atoms with Crippen LogP contribution in [-0.2, 0) is 17.8 Å². The summed E-state index contributed by atoms with van der Waals surface area (Å²) in [6, 6.07) is 6.09. The summed E-state index contributed by atoms with van der Waals surface area (Å²) in [5.74, 6) is -0.180. The van der Waals surface area contributed by atoms with E-state index in [9.17, 15) is 4.79 Å². The fourth-order valence-corrected chi connectivity index (χ4v) is 2.75. The van der Waals surface area contributed by atoms with Crippen LogP contribution in [0.4, 0.5) is 0 Å². The van der Waals surface area contributed by atoms with E-state index in [4.69, 9.17) is 4.74 Å². The third-order valence-corrected chi connectivity index (χ3v) is 3.90. The van der Waals surface area contributed by atoms with Crippen LogP contribution in [0.15, 0.2) is 18.2 Å². The summed E-state index contributed by atoms with van der Waals surface area (Å²) in [5.41, 5.74) is 3.08. The first kappa shape index (κ1) is 12.6. The van der Waals surface area contributed by atoms with Gasteiger partial charge in [0, 0.05) is 25.2 Å². The number of nitrogens with zero attached hydrogens (tertiary/aromatic N) is 1. The van der Waals surface area contributed by atoms with Crippen molar-refractivity contribution in [1.29, 1.82) is 0 Å². The van der Waals surface area contributed by atoms with E-state index in [-0.39, 0.29) is 5.97 Å². The first-order chi connectivity index (χ1) is 9.33. The fraction of sp³-hybridized carbons (Fsp3) is 0.533. The molecule has 0 aromatic heterocycles. The predicted molar refractivity (Wildman–Crippen MR) is 73.2 cm³/mol. The van der Waals surface area contributed by atoms with Gasteiger partial charge in [-0.25, -0.2) is 4.79 Å². The van der Waals surface area contributed by atoms with Gasteiger partial charge in [-0.15, -0.1) is 0 Å². The number of rotatable bonds is 3. The summed E-state index contributed by atoms with van der Waals surface area (Å²) in [6.45, 7) is 6.07. The molecule has 2 aliphatic heterocycles. The molecule has 0 spiro atoms. The van der Waals surface area contributed by atoms with Gasteiger partial charge in [0.25, 0.3) is 0 Å². The van der Waals surface area contributed by atoms with Gasteiger partial charge in [-0.05, 0) is 37.6 Å². The maximum atomic E-state index is 11.4. The number of esters is 1. The molecule has 0 atom stereocenters.